The predicted molar refractivity (Wildman–Crippen MR) is 73.4 cm³/mol. The molecule has 96 valence electrons. The van der Waals surface area contributed by atoms with Gasteiger partial charge in [-0.25, -0.2) is 4.98 Å². The van der Waals surface area contributed by atoms with Gasteiger partial charge in [-0.2, -0.15) is 11.8 Å². The molecule has 1 atom stereocenters. The van der Waals surface area contributed by atoms with Crippen LogP contribution in [0.25, 0.3) is 0 Å². The van der Waals surface area contributed by atoms with Crippen molar-refractivity contribution in [3.63, 3.8) is 0 Å². The first kappa shape index (κ1) is 14.1. The van der Waals surface area contributed by atoms with Crippen LogP contribution in [0.5, 0.6) is 0 Å². The van der Waals surface area contributed by atoms with Gasteiger partial charge in [0, 0.05) is 30.8 Å². The van der Waals surface area contributed by atoms with Gasteiger partial charge in [0.05, 0.1) is 0 Å². The molecular formula is C11H20N4OS. The first-order valence-corrected chi connectivity index (χ1v) is 6.94. The summed E-state index contributed by atoms with van der Waals surface area (Å²) in [7, 11) is 0. The van der Waals surface area contributed by atoms with E-state index in [9.17, 15) is 4.79 Å². The molecule has 0 aliphatic heterocycles. The fourth-order valence-electron chi connectivity index (χ4n) is 1.44. The number of nitrogen functional groups attached to an aromatic ring is 1. The van der Waals surface area contributed by atoms with Gasteiger partial charge in [-0.15, -0.1) is 0 Å². The second kappa shape index (κ2) is 7.34. The van der Waals surface area contributed by atoms with E-state index in [0.29, 0.717) is 18.3 Å². The van der Waals surface area contributed by atoms with Crippen molar-refractivity contribution in [2.75, 3.05) is 23.8 Å². The standard InChI is InChI=1S/C11H20N4OS/c1-3-17-7-8(2)13-5-4-10-14-9(12)6-11(16)15-10/h6,8,13H,3-5,7H2,1-2H3,(H3,12,14,15,16). The Morgan fingerprint density at radius 1 is 1.65 bits per heavy atom. The van der Waals surface area contributed by atoms with E-state index in [-0.39, 0.29) is 11.4 Å². The van der Waals surface area contributed by atoms with E-state index >= 15 is 0 Å². The summed E-state index contributed by atoms with van der Waals surface area (Å²) in [5.74, 6) is 3.14. The minimum atomic E-state index is -0.193. The maximum Gasteiger partial charge on any atom is 0.252 e. The summed E-state index contributed by atoms with van der Waals surface area (Å²) >= 11 is 1.91. The van der Waals surface area contributed by atoms with Gasteiger partial charge < -0.3 is 16.0 Å². The van der Waals surface area contributed by atoms with Gasteiger partial charge in [0.1, 0.15) is 11.6 Å². The first-order chi connectivity index (χ1) is 8.11. The zero-order valence-electron chi connectivity index (χ0n) is 10.3. The van der Waals surface area contributed by atoms with Crippen molar-refractivity contribution in [2.24, 2.45) is 0 Å². The number of hydrogen-bond acceptors (Lipinski definition) is 5. The van der Waals surface area contributed by atoms with Crippen LogP contribution in [0.4, 0.5) is 5.82 Å². The minimum Gasteiger partial charge on any atom is -0.383 e. The van der Waals surface area contributed by atoms with Crippen molar-refractivity contribution in [3.05, 3.63) is 22.2 Å². The van der Waals surface area contributed by atoms with Gasteiger partial charge in [-0.05, 0) is 12.7 Å². The van der Waals surface area contributed by atoms with E-state index in [4.69, 9.17) is 5.73 Å². The summed E-state index contributed by atoms with van der Waals surface area (Å²) in [6, 6.07) is 1.75. The summed E-state index contributed by atoms with van der Waals surface area (Å²) in [5.41, 5.74) is 5.31. The molecule has 0 saturated heterocycles. The molecule has 17 heavy (non-hydrogen) atoms. The Balaban J connectivity index is 2.33. The van der Waals surface area contributed by atoms with Crippen molar-refractivity contribution >= 4 is 17.6 Å². The van der Waals surface area contributed by atoms with E-state index < -0.39 is 0 Å². The number of H-pyrrole nitrogens is 1. The van der Waals surface area contributed by atoms with E-state index in [2.05, 4.69) is 29.1 Å². The number of rotatable bonds is 7. The smallest absolute Gasteiger partial charge is 0.252 e. The molecule has 0 fully saturated rings. The van der Waals surface area contributed by atoms with Crippen LogP contribution in [0.3, 0.4) is 0 Å². The molecule has 4 N–H and O–H groups in total. The molecule has 0 saturated carbocycles. The third kappa shape index (κ3) is 5.74. The second-order valence-corrected chi connectivity index (χ2v) is 5.20. The zero-order chi connectivity index (χ0) is 12.7. The minimum absolute atomic E-state index is 0.193. The number of hydrogen-bond donors (Lipinski definition) is 3. The Hall–Kier alpha value is -1.01. The van der Waals surface area contributed by atoms with E-state index in [0.717, 1.165) is 18.1 Å². The van der Waals surface area contributed by atoms with Crippen LogP contribution in [0.1, 0.15) is 19.7 Å². The quantitative estimate of drug-likeness (QED) is 0.666. The number of anilines is 1. The Kier molecular flexibility index (Phi) is 6.07. The van der Waals surface area contributed by atoms with Gasteiger partial charge in [-0.3, -0.25) is 4.79 Å². The molecule has 1 aromatic heterocycles. The maximum absolute atomic E-state index is 11.2. The molecule has 1 unspecified atom stereocenters. The number of aromatic nitrogens is 2. The van der Waals surface area contributed by atoms with Crippen LogP contribution in [-0.2, 0) is 6.42 Å². The van der Waals surface area contributed by atoms with Crippen molar-refractivity contribution in [3.8, 4) is 0 Å². The Bertz CT molecular complexity index is 393. The van der Waals surface area contributed by atoms with E-state index in [1.54, 1.807) is 0 Å². The monoisotopic (exact) mass is 256 g/mol. The van der Waals surface area contributed by atoms with Crippen LogP contribution in [0, 0.1) is 0 Å². The lowest BCUT2D eigenvalue weighted by Gasteiger charge is -2.12. The van der Waals surface area contributed by atoms with Crippen LogP contribution < -0.4 is 16.6 Å². The summed E-state index contributed by atoms with van der Waals surface area (Å²) in [6.45, 7) is 5.09. The van der Waals surface area contributed by atoms with Crippen molar-refractivity contribution in [1.29, 1.82) is 0 Å². The molecule has 0 spiro atoms. The summed E-state index contributed by atoms with van der Waals surface area (Å²) in [6.07, 6.45) is 0.682. The van der Waals surface area contributed by atoms with Gasteiger partial charge in [0.15, 0.2) is 0 Å². The molecule has 6 heteroatoms. The molecule has 1 aromatic rings. The molecule has 0 aromatic carbocycles. The molecule has 0 aliphatic rings. The zero-order valence-corrected chi connectivity index (χ0v) is 11.1. The van der Waals surface area contributed by atoms with Crippen LogP contribution in [0.15, 0.2) is 10.9 Å². The molecule has 5 nitrogen and oxygen atoms in total. The highest BCUT2D eigenvalue weighted by atomic mass is 32.2. The number of nitrogens with one attached hydrogen (secondary N) is 2. The molecule has 0 aliphatic carbocycles. The molecule has 0 bridgehead atoms. The van der Waals surface area contributed by atoms with Crippen LogP contribution in [0.2, 0.25) is 0 Å². The third-order valence-corrected chi connectivity index (χ3v) is 3.38. The maximum atomic E-state index is 11.2. The van der Waals surface area contributed by atoms with Gasteiger partial charge in [0.25, 0.3) is 5.56 Å². The average molecular weight is 256 g/mol. The number of thioether (sulfide) groups is 1. The van der Waals surface area contributed by atoms with Gasteiger partial charge >= 0.3 is 0 Å². The highest BCUT2D eigenvalue weighted by Gasteiger charge is 2.02. The van der Waals surface area contributed by atoms with E-state index in [1.165, 1.54) is 6.07 Å². The van der Waals surface area contributed by atoms with Crippen molar-refractivity contribution < 1.29 is 0 Å². The van der Waals surface area contributed by atoms with Crippen LogP contribution in [-0.4, -0.2) is 34.1 Å². The van der Waals surface area contributed by atoms with Gasteiger partial charge in [-0.1, -0.05) is 6.92 Å². The lowest BCUT2D eigenvalue weighted by Crippen LogP contribution is -2.30. The predicted octanol–water partition coefficient (Wildman–Crippen LogP) is 0.626. The average Bonchev–Trinajstić information content (AvgIpc) is 2.25. The number of nitrogens with zero attached hydrogens (tertiary/aromatic N) is 1. The third-order valence-electron chi connectivity index (χ3n) is 2.24. The lowest BCUT2D eigenvalue weighted by atomic mass is 10.3. The fourth-order valence-corrected chi connectivity index (χ4v) is 2.14. The normalized spacial score (nSPS) is 12.6. The fraction of sp³-hybridized carbons (Fsp3) is 0.636. The highest BCUT2D eigenvalue weighted by molar-refractivity contribution is 7.99. The summed E-state index contributed by atoms with van der Waals surface area (Å²) in [4.78, 5) is 17.9. The molecular weight excluding hydrogens is 236 g/mol. The highest BCUT2D eigenvalue weighted by Crippen LogP contribution is 2.01. The van der Waals surface area contributed by atoms with Gasteiger partial charge in [0.2, 0.25) is 0 Å². The molecule has 1 heterocycles. The Morgan fingerprint density at radius 2 is 2.41 bits per heavy atom. The molecule has 1 rings (SSSR count). The topological polar surface area (TPSA) is 83.8 Å². The Labute approximate surface area is 106 Å². The number of aromatic amines is 1. The lowest BCUT2D eigenvalue weighted by molar-refractivity contribution is 0.589. The second-order valence-electron chi connectivity index (χ2n) is 3.88. The number of nitrogens with two attached hydrogens (primary N) is 1. The van der Waals surface area contributed by atoms with Crippen molar-refractivity contribution in [2.45, 2.75) is 26.3 Å². The van der Waals surface area contributed by atoms with E-state index in [1.807, 2.05) is 11.8 Å². The first-order valence-electron chi connectivity index (χ1n) is 5.78. The van der Waals surface area contributed by atoms with Crippen molar-refractivity contribution in [1.82, 2.24) is 15.3 Å². The summed E-state index contributed by atoms with van der Waals surface area (Å²) in [5, 5.41) is 3.38. The SMILES string of the molecule is CCSCC(C)NCCc1nc(N)cc(=O)[nH]1. The largest absolute Gasteiger partial charge is 0.383 e. The molecule has 0 radical (unpaired) electrons. The Morgan fingerprint density at radius 3 is 3.06 bits per heavy atom. The van der Waals surface area contributed by atoms with Crippen LogP contribution >= 0.6 is 11.8 Å². The summed E-state index contributed by atoms with van der Waals surface area (Å²) < 4.78 is 0. The molecule has 0 amide bonds.